The van der Waals surface area contributed by atoms with Gasteiger partial charge in [-0.05, 0) is 23.8 Å². The van der Waals surface area contributed by atoms with Crippen LogP contribution >= 0.6 is 0 Å². The molecule has 3 nitrogen and oxygen atoms in total. The van der Waals surface area contributed by atoms with Crippen LogP contribution in [0, 0.1) is 5.82 Å². The molecule has 1 N–H and O–H groups in total. The Bertz CT molecular complexity index is 870. The van der Waals surface area contributed by atoms with Crippen molar-refractivity contribution in [2.75, 3.05) is 0 Å². The Hall–Kier alpha value is -3.01. The largest absolute Gasteiger partial charge is 0.478 e. The molecule has 0 saturated heterocycles. The van der Waals surface area contributed by atoms with E-state index in [2.05, 4.69) is 4.98 Å². The van der Waals surface area contributed by atoms with E-state index in [1.165, 1.54) is 18.3 Å². The van der Waals surface area contributed by atoms with Crippen LogP contribution in [0.3, 0.4) is 0 Å². The van der Waals surface area contributed by atoms with Gasteiger partial charge in [-0.15, -0.1) is 0 Å². The number of aromatic nitrogens is 1. The Labute approximate surface area is 126 Å². The van der Waals surface area contributed by atoms with Crippen LogP contribution < -0.4 is 0 Å². The van der Waals surface area contributed by atoms with Crippen LogP contribution in [0.25, 0.3) is 23.1 Å². The lowest BCUT2D eigenvalue weighted by Gasteiger charge is -2.05. The predicted molar refractivity (Wildman–Crippen MR) is 84.0 cm³/mol. The van der Waals surface area contributed by atoms with E-state index in [4.69, 9.17) is 0 Å². The average molecular weight is 293 g/mol. The van der Waals surface area contributed by atoms with Crippen molar-refractivity contribution in [2.45, 2.75) is 0 Å². The summed E-state index contributed by atoms with van der Waals surface area (Å²) >= 11 is 0. The van der Waals surface area contributed by atoms with Crippen molar-refractivity contribution in [1.29, 1.82) is 0 Å². The van der Waals surface area contributed by atoms with E-state index in [0.717, 1.165) is 5.56 Å². The van der Waals surface area contributed by atoms with Gasteiger partial charge in [0.15, 0.2) is 0 Å². The molecule has 1 aromatic heterocycles. The molecule has 4 heteroatoms. The first-order valence-corrected chi connectivity index (χ1v) is 6.70. The summed E-state index contributed by atoms with van der Waals surface area (Å²) in [5.41, 5.74) is 2.14. The molecule has 0 bridgehead atoms. The number of hydrogen-bond donors (Lipinski definition) is 1. The number of hydrogen-bond acceptors (Lipinski definition) is 2. The molecule has 3 aromatic rings. The van der Waals surface area contributed by atoms with Crippen molar-refractivity contribution in [1.82, 2.24) is 4.98 Å². The Balaban J connectivity index is 2.08. The fourth-order valence-electron chi connectivity index (χ4n) is 2.28. The van der Waals surface area contributed by atoms with E-state index in [-0.39, 0.29) is 11.4 Å². The number of para-hydroxylation sites is 1. The second-order valence-electron chi connectivity index (χ2n) is 4.80. The lowest BCUT2D eigenvalue weighted by molar-refractivity contribution is 0.0698. The van der Waals surface area contributed by atoms with Gasteiger partial charge in [0.2, 0.25) is 0 Å². The van der Waals surface area contributed by atoms with Crippen molar-refractivity contribution in [2.24, 2.45) is 0 Å². The van der Waals surface area contributed by atoms with Gasteiger partial charge >= 0.3 is 5.97 Å². The van der Waals surface area contributed by atoms with Gasteiger partial charge in [0.25, 0.3) is 0 Å². The van der Waals surface area contributed by atoms with Crippen LogP contribution in [0.2, 0.25) is 0 Å². The van der Waals surface area contributed by atoms with Gasteiger partial charge in [0.05, 0.1) is 11.1 Å². The third-order valence-electron chi connectivity index (χ3n) is 3.34. The molecule has 3 rings (SSSR count). The Morgan fingerprint density at radius 1 is 1.05 bits per heavy atom. The van der Waals surface area contributed by atoms with E-state index in [9.17, 15) is 14.3 Å². The van der Waals surface area contributed by atoms with Gasteiger partial charge in [-0.3, -0.25) is 4.98 Å². The van der Waals surface area contributed by atoms with E-state index < -0.39 is 5.97 Å². The normalized spacial score (nSPS) is 11.1. The number of benzene rings is 2. The summed E-state index contributed by atoms with van der Waals surface area (Å²) in [7, 11) is 0. The number of halogens is 1. The molecule has 0 saturated carbocycles. The molecule has 0 radical (unpaired) electrons. The zero-order valence-electron chi connectivity index (χ0n) is 11.5. The summed E-state index contributed by atoms with van der Waals surface area (Å²) in [6, 6.07) is 13.1. The lowest BCUT2D eigenvalue weighted by atomic mass is 10.0. The second kappa shape index (κ2) is 5.77. The first-order valence-electron chi connectivity index (χ1n) is 6.70. The fraction of sp³-hybridized carbons (Fsp3) is 0. The molecular weight excluding hydrogens is 281 g/mol. The smallest absolute Gasteiger partial charge is 0.337 e. The molecule has 0 atom stereocenters. The summed E-state index contributed by atoms with van der Waals surface area (Å²) in [4.78, 5) is 15.9. The highest BCUT2D eigenvalue weighted by atomic mass is 19.1. The topological polar surface area (TPSA) is 50.2 Å². The number of nitrogens with zero attached hydrogens (tertiary/aromatic N) is 1. The van der Waals surface area contributed by atoms with E-state index >= 15 is 0 Å². The summed E-state index contributed by atoms with van der Waals surface area (Å²) in [5, 5.41) is 10.1. The van der Waals surface area contributed by atoms with E-state index in [0.29, 0.717) is 16.5 Å². The average Bonchev–Trinajstić information content (AvgIpc) is 2.53. The molecule has 108 valence electrons. The molecule has 0 unspecified atom stereocenters. The first kappa shape index (κ1) is 13.9. The number of pyridine rings is 1. The SMILES string of the molecule is O=C(O)c1c(/C=C/c2ccc(F)cc2)cnc2ccccc12. The zero-order valence-corrected chi connectivity index (χ0v) is 11.5. The predicted octanol–water partition coefficient (Wildman–Crippen LogP) is 4.24. The van der Waals surface area contributed by atoms with Crippen LogP contribution in [0.5, 0.6) is 0 Å². The summed E-state index contributed by atoms with van der Waals surface area (Å²) in [5.74, 6) is -1.31. The van der Waals surface area contributed by atoms with Gasteiger partial charge < -0.3 is 5.11 Å². The second-order valence-corrected chi connectivity index (χ2v) is 4.80. The summed E-state index contributed by atoms with van der Waals surface area (Å²) in [6.45, 7) is 0. The number of rotatable bonds is 3. The molecule has 2 aromatic carbocycles. The van der Waals surface area contributed by atoms with Gasteiger partial charge in [-0.1, -0.05) is 42.5 Å². The monoisotopic (exact) mass is 293 g/mol. The number of carboxylic acids is 1. The van der Waals surface area contributed by atoms with Crippen molar-refractivity contribution in [3.63, 3.8) is 0 Å². The fourth-order valence-corrected chi connectivity index (χ4v) is 2.28. The summed E-state index contributed by atoms with van der Waals surface area (Å²) < 4.78 is 12.9. The number of fused-ring (bicyclic) bond motifs is 1. The highest BCUT2D eigenvalue weighted by Crippen LogP contribution is 2.22. The van der Waals surface area contributed by atoms with Crippen LogP contribution in [0.1, 0.15) is 21.5 Å². The maximum absolute atomic E-state index is 12.9. The van der Waals surface area contributed by atoms with Crippen LogP contribution in [-0.4, -0.2) is 16.1 Å². The zero-order chi connectivity index (χ0) is 15.5. The number of carboxylic acid groups (broad SMARTS) is 1. The molecular formula is C18H12FNO2. The maximum atomic E-state index is 12.9. The van der Waals surface area contributed by atoms with Crippen molar-refractivity contribution < 1.29 is 14.3 Å². The van der Waals surface area contributed by atoms with Crippen molar-refractivity contribution >= 4 is 29.0 Å². The third kappa shape index (κ3) is 2.72. The van der Waals surface area contributed by atoms with Gasteiger partial charge in [-0.2, -0.15) is 0 Å². The highest BCUT2D eigenvalue weighted by Gasteiger charge is 2.13. The Kier molecular flexibility index (Phi) is 3.66. The van der Waals surface area contributed by atoms with Crippen LogP contribution in [0.4, 0.5) is 4.39 Å². The minimum atomic E-state index is -1.00. The van der Waals surface area contributed by atoms with Crippen molar-refractivity contribution in [3.05, 3.63) is 77.2 Å². The molecule has 1 heterocycles. The molecule has 0 aliphatic rings. The molecule has 0 aliphatic carbocycles. The van der Waals surface area contributed by atoms with Crippen LogP contribution in [0.15, 0.2) is 54.7 Å². The third-order valence-corrected chi connectivity index (χ3v) is 3.34. The van der Waals surface area contributed by atoms with E-state index in [1.807, 2.05) is 6.07 Å². The minimum Gasteiger partial charge on any atom is -0.478 e. The lowest BCUT2D eigenvalue weighted by Crippen LogP contribution is -2.02. The quantitative estimate of drug-likeness (QED) is 0.785. The van der Waals surface area contributed by atoms with Gasteiger partial charge in [-0.25, -0.2) is 9.18 Å². The molecule has 0 fully saturated rings. The molecule has 0 amide bonds. The highest BCUT2D eigenvalue weighted by molar-refractivity contribution is 6.06. The van der Waals surface area contributed by atoms with Gasteiger partial charge in [0, 0.05) is 17.1 Å². The Morgan fingerprint density at radius 3 is 2.50 bits per heavy atom. The molecule has 0 aliphatic heterocycles. The Morgan fingerprint density at radius 2 is 1.77 bits per heavy atom. The maximum Gasteiger partial charge on any atom is 0.337 e. The molecule has 0 spiro atoms. The summed E-state index contributed by atoms with van der Waals surface area (Å²) in [6.07, 6.45) is 4.94. The number of aromatic carboxylic acids is 1. The van der Waals surface area contributed by atoms with Crippen LogP contribution in [-0.2, 0) is 0 Å². The van der Waals surface area contributed by atoms with Gasteiger partial charge in [0.1, 0.15) is 5.82 Å². The standard InChI is InChI=1S/C18H12FNO2/c19-14-9-6-12(7-10-14)5-8-13-11-20-16-4-2-1-3-15(16)17(13)18(21)22/h1-11H,(H,21,22)/b8-5+. The minimum absolute atomic E-state index is 0.212. The van der Waals surface area contributed by atoms with Crippen molar-refractivity contribution in [3.8, 4) is 0 Å². The van der Waals surface area contributed by atoms with E-state index in [1.54, 1.807) is 42.5 Å². The number of carbonyl (C=O) groups is 1. The molecule has 22 heavy (non-hydrogen) atoms. The first-order chi connectivity index (χ1) is 10.6.